The van der Waals surface area contributed by atoms with Crippen molar-refractivity contribution in [3.8, 4) is 0 Å². The zero-order valence-electron chi connectivity index (χ0n) is 7.57. The lowest BCUT2D eigenvalue weighted by Gasteiger charge is -2.26. The van der Waals surface area contributed by atoms with Gasteiger partial charge in [0.15, 0.2) is 0 Å². The van der Waals surface area contributed by atoms with Crippen LogP contribution in [0.3, 0.4) is 0 Å². The third-order valence-corrected chi connectivity index (χ3v) is 1.97. The topological polar surface area (TPSA) is 49.8 Å². The zero-order valence-corrected chi connectivity index (χ0v) is 9.28. The van der Waals surface area contributed by atoms with Gasteiger partial charge in [-0.2, -0.15) is 0 Å². The van der Waals surface area contributed by atoms with E-state index in [2.05, 4.69) is 4.90 Å². The summed E-state index contributed by atoms with van der Waals surface area (Å²) in [6, 6.07) is 0. The molecule has 1 saturated heterocycles. The summed E-state index contributed by atoms with van der Waals surface area (Å²) in [7, 11) is 0. The molecule has 4 nitrogen and oxygen atoms in total. The number of ether oxygens (including phenoxy) is 1. The van der Waals surface area contributed by atoms with Crippen molar-refractivity contribution >= 4 is 23.0 Å². The largest absolute Gasteiger partial charge is 0.481 e. The van der Waals surface area contributed by atoms with Crippen molar-refractivity contribution < 1.29 is 14.6 Å². The van der Waals surface area contributed by atoms with Gasteiger partial charge in [-0.3, -0.25) is 9.69 Å². The Morgan fingerprint density at radius 2 is 2.00 bits per heavy atom. The Morgan fingerprint density at radius 1 is 1.38 bits per heavy atom. The van der Waals surface area contributed by atoms with E-state index < -0.39 is 5.97 Å². The van der Waals surface area contributed by atoms with E-state index in [1.54, 1.807) is 0 Å². The molecule has 1 aliphatic rings. The zero-order chi connectivity index (χ0) is 8.81. The van der Waals surface area contributed by atoms with Gasteiger partial charge in [0.2, 0.25) is 0 Å². The second-order valence-corrected chi connectivity index (χ2v) is 2.95. The Hall–Kier alpha value is -0.130. The third-order valence-electron chi connectivity index (χ3n) is 1.97. The first-order valence-electron chi connectivity index (χ1n) is 4.31. The SMILES string of the molecule is Br.O=C(O)CCCN1CCOCC1. The highest BCUT2D eigenvalue weighted by atomic mass is 79.9. The Bertz CT molecular complexity index is 148. The van der Waals surface area contributed by atoms with E-state index in [-0.39, 0.29) is 23.4 Å². The lowest BCUT2D eigenvalue weighted by Crippen LogP contribution is -2.36. The van der Waals surface area contributed by atoms with Crippen LogP contribution in [0.2, 0.25) is 0 Å². The van der Waals surface area contributed by atoms with Gasteiger partial charge in [-0.15, -0.1) is 17.0 Å². The van der Waals surface area contributed by atoms with Crippen LogP contribution in [-0.2, 0) is 9.53 Å². The molecule has 78 valence electrons. The molecule has 1 rings (SSSR count). The summed E-state index contributed by atoms with van der Waals surface area (Å²) in [5.41, 5.74) is 0. The second-order valence-electron chi connectivity index (χ2n) is 2.95. The molecule has 0 aromatic carbocycles. The molecule has 0 aliphatic carbocycles. The van der Waals surface area contributed by atoms with Crippen molar-refractivity contribution in [1.82, 2.24) is 4.90 Å². The summed E-state index contributed by atoms with van der Waals surface area (Å²) in [5.74, 6) is -0.705. The minimum atomic E-state index is -0.705. The van der Waals surface area contributed by atoms with Gasteiger partial charge >= 0.3 is 5.97 Å². The monoisotopic (exact) mass is 253 g/mol. The van der Waals surface area contributed by atoms with E-state index >= 15 is 0 Å². The standard InChI is InChI=1S/C8H15NO3.BrH/c10-8(11)2-1-3-9-4-6-12-7-5-9;/h1-7H2,(H,10,11);1H. The van der Waals surface area contributed by atoms with Gasteiger partial charge in [0.1, 0.15) is 0 Å². The van der Waals surface area contributed by atoms with Crippen LogP contribution in [0, 0.1) is 0 Å². The smallest absolute Gasteiger partial charge is 0.303 e. The first-order chi connectivity index (χ1) is 5.79. The van der Waals surface area contributed by atoms with Crippen molar-refractivity contribution in [1.29, 1.82) is 0 Å². The number of carboxylic acid groups (broad SMARTS) is 1. The van der Waals surface area contributed by atoms with Gasteiger partial charge in [0, 0.05) is 19.5 Å². The minimum absolute atomic E-state index is 0. The summed E-state index contributed by atoms with van der Waals surface area (Å²) < 4.78 is 5.17. The van der Waals surface area contributed by atoms with Crippen LogP contribution in [0.4, 0.5) is 0 Å². The molecule has 5 heteroatoms. The first-order valence-corrected chi connectivity index (χ1v) is 4.31. The van der Waals surface area contributed by atoms with E-state index in [1.165, 1.54) is 0 Å². The molecule has 0 radical (unpaired) electrons. The van der Waals surface area contributed by atoms with Crippen molar-refractivity contribution in [2.24, 2.45) is 0 Å². The fraction of sp³-hybridized carbons (Fsp3) is 0.875. The Kier molecular flexibility index (Phi) is 7.22. The van der Waals surface area contributed by atoms with Crippen molar-refractivity contribution in [2.75, 3.05) is 32.8 Å². The Labute approximate surface area is 88.6 Å². The van der Waals surface area contributed by atoms with Crippen LogP contribution in [0.15, 0.2) is 0 Å². The molecule has 13 heavy (non-hydrogen) atoms. The predicted molar refractivity (Wildman–Crippen MR) is 54.5 cm³/mol. The van der Waals surface area contributed by atoms with Crippen LogP contribution in [0.1, 0.15) is 12.8 Å². The molecule has 0 atom stereocenters. The second kappa shape index (κ2) is 7.29. The number of halogens is 1. The molecule has 1 fully saturated rings. The first kappa shape index (κ1) is 12.9. The van der Waals surface area contributed by atoms with Gasteiger partial charge in [-0.25, -0.2) is 0 Å². The Morgan fingerprint density at radius 3 is 2.54 bits per heavy atom. The molecular weight excluding hydrogens is 238 g/mol. The third kappa shape index (κ3) is 6.01. The molecule has 0 saturated carbocycles. The average Bonchev–Trinajstić information content (AvgIpc) is 2.05. The van der Waals surface area contributed by atoms with Gasteiger partial charge in [0.25, 0.3) is 0 Å². The summed E-state index contributed by atoms with van der Waals surface area (Å²) in [6.07, 6.45) is 1.02. The molecular formula is C8H16BrNO3. The molecule has 0 aromatic heterocycles. The maximum atomic E-state index is 10.2. The molecule has 0 spiro atoms. The maximum Gasteiger partial charge on any atom is 0.303 e. The van der Waals surface area contributed by atoms with E-state index in [4.69, 9.17) is 9.84 Å². The fourth-order valence-electron chi connectivity index (χ4n) is 1.28. The number of hydrogen-bond donors (Lipinski definition) is 1. The van der Waals surface area contributed by atoms with Gasteiger partial charge in [-0.1, -0.05) is 0 Å². The maximum absolute atomic E-state index is 10.2. The predicted octanol–water partition coefficient (Wildman–Crippen LogP) is 0.761. The van der Waals surface area contributed by atoms with E-state index in [1.807, 2.05) is 0 Å². The molecule has 1 aliphatic heterocycles. The lowest BCUT2D eigenvalue weighted by molar-refractivity contribution is -0.137. The number of aliphatic carboxylic acids is 1. The molecule has 1 heterocycles. The summed E-state index contributed by atoms with van der Waals surface area (Å²) in [4.78, 5) is 12.4. The Balaban J connectivity index is 0.00000144. The molecule has 0 amide bonds. The van der Waals surface area contributed by atoms with Crippen LogP contribution in [-0.4, -0.2) is 48.8 Å². The molecule has 1 N–H and O–H groups in total. The molecule has 0 aromatic rings. The minimum Gasteiger partial charge on any atom is -0.481 e. The van der Waals surface area contributed by atoms with E-state index in [0.29, 0.717) is 0 Å². The quantitative estimate of drug-likeness (QED) is 0.804. The molecule has 0 unspecified atom stereocenters. The van der Waals surface area contributed by atoms with E-state index in [0.717, 1.165) is 39.3 Å². The van der Waals surface area contributed by atoms with Gasteiger partial charge in [-0.05, 0) is 13.0 Å². The van der Waals surface area contributed by atoms with Crippen molar-refractivity contribution in [3.63, 3.8) is 0 Å². The number of morpholine rings is 1. The number of nitrogens with zero attached hydrogens (tertiary/aromatic N) is 1. The fourth-order valence-corrected chi connectivity index (χ4v) is 1.28. The van der Waals surface area contributed by atoms with Gasteiger partial charge in [0.05, 0.1) is 13.2 Å². The average molecular weight is 254 g/mol. The summed E-state index contributed by atoms with van der Waals surface area (Å²) in [5, 5.41) is 8.40. The van der Waals surface area contributed by atoms with Crippen LogP contribution >= 0.6 is 17.0 Å². The van der Waals surface area contributed by atoms with Crippen molar-refractivity contribution in [2.45, 2.75) is 12.8 Å². The van der Waals surface area contributed by atoms with Crippen molar-refractivity contribution in [3.05, 3.63) is 0 Å². The number of rotatable bonds is 4. The van der Waals surface area contributed by atoms with Gasteiger partial charge < -0.3 is 9.84 Å². The number of carboxylic acids is 1. The van der Waals surface area contributed by atoms with E-state index in [9.17, 15) is 4.79 Å². The number of hydrogen-bond acceptors (Lipinski definition) is 3. The van der Waals surface area contributed by atoms with Crippen LogP contribution in [0.25, 0.3) is 0 Å². The lowest BCUT2D eigenvalue weighted by atomic mass is 10.3. The molecule has 0 bridgehead atoms. The number of carbonyl (C=O) groups is 1. The highest BCUT2D eigenvalue weighted by molar-refractivity contribution is 8.93. The highest BCUT2D eigenvalue weighted by Crippen LogP contribution is 1.99. The van der Waals surface area contributed by atoms with Crippen LogP contribution < -0.4 is 0 Å². The van der Waals surface area contributed by atoms with Crippen LogP contribution in [0.5, 0.6) is 0 Å². The normalized spacial score (nSPS) is 17.8. The summed E-state index contributed by atoms with van der Waals surface area (Å²) in [6.45, 7) is 4.34. The highest BCUT2D eigenvalue weighted by Gasteiger charge is 2.09. The summed E-state index contributed by atoms with van der Waals surface area (Å²) >= 11 is 0.